The van der Waals surface area contributed by atoms with Crippen LogP contribution in [-0.4, -0.2) is 23.1 Å². The Morgan fingerprint density at radius 3 is 2.24 bits per heavy atom. The highest BCUT2D eigenvalue weighted by Crippen LogP contribution is 2.12. The van der Waals surface area contributed by atoms with Gasteiger partial charge in [-0.3, -0.25) is 4.79 Å². The molecule has 3 N–H and O–H groups in total. The summed E-state index contributed by atoms with van der Waals surface area (Å²) in [6.45, 7) is 1.26. The lowest BCUT2D eigenvalue weighted by Gasteiger charge is -2.10. The zero-order valence-electron chi connectivity index (χ0n) is 8.83. The van der Waals surface area contributed by atoms with Crippen LogP contribution in [0.5, 0.6) is 0 Å². The number of rotatable bonds is 3. The van der Waals surface area contributed by atoms with E-state index in [9.17, 15) is 18.4 Å². The number of aliphatic carboxylic acids is 1. The number of hydrogen-bond acceptors (Lipinski definition) is 2. The van der Waals surface area contributed by atoms with E-state index in [0.29, 0.717) is 6.07 Å². The number of urea groups is 1. The predicted molar refractivity (Wildman–Crippen MR) is 55.6 cm³/mol. The lowest BCUT2D eigenvalue weighted by Crippen LogP contribution is -2.40. The number of amides is 2. The molecule has 1 aromatic carbocycles. The molecule has 0 aromatic heterocycles. The van der Waals surface area contributed by atoms with E-state index in [2.05, 4.69) is 10.6 Å². The summed E-state index contributed by atoms with van der Waals surface area (Å²) in [5, 5.41) is 12.7. The normalized spacial score (nSPS) is 11.7. The smallest absolute Gasteiger partial charge is 0.325 e. The lowest BCUT2D eigenvalue weighted by molar-refractivity contribution is -0.138. The topological polar surface area (TPSA) is 78.4 Å². The van der Waals surface area contributed by atoms with Crippen molar-refractivity contribution in [2.24, 2.45) is 0 Å². The molecule has 0 spiro atoms. The van der Waals surface area contributed by atoms with Gasteiger partial charge in [0.2, 0.25) is 0 Å². The van der Waals surface area contributed by atoms with Crippen molar-refractivity contribution in [3.05, 3.63) is 29.8 Å². The van der Waals surface area contributed by atoms with Crippen molar-refractivity contribution in [1.29, 1.82) is 0 Å². The van der Waals surface area contributed by atoms with Crippen LogP contribution in [0.3, 0.4) is 0 Å². The zero-order chi connectivity index (χ0) is 13.0. The molecule has 5 nitrogen and oxygen atoms in total. The first-order valence-electron chi connectivity index (χ1n) is 4.65. The standard InChI is InChI=1S/C10H10F2N2O3/c1-5(9(15)16)13-10(17)14-8-3-6(11)2-7(12)4-8/h2-5H,1H3,(H,15,16)(H2,13,14,17)/t5-/m0/s1. The Hall–Kier alpha value is -2.18. The molecule has 0 bridgehead atoms. The minimum atomic E-state index is -1.22. The number of benzene rings is 1. The van der Waals surface area contributed by atoms with Crippen molar-refractivity contribution in [3.63, 3.8) is 0 Å². The fourth-order valence-electron chi connectivity index (χ4n) is 1.05. The van der Waals surface area contributed by atoms with Gasteiger partial charge in [0, 0.05) is 11.8 Å². The van der Waals surface area contributed by atoms with Gasteiger partial charge in [0.1, 0.15) is 17.7 Å². The quantitative estimate of drug-likeness (QED) is 0.755. The first-order chi connectivity index (χ1) is 7.88. The van der Waals surface area contributed by atoms with Gasteiger partial charge in [0.15, 0.2) is 0 Å². The largest absolute Gasteiger partial charge is 0.480 e. The molecule has 0 saturated carbocycles. The first kappa shape index (κ1) is 12.9. The molecule has 0 radical (unpaired) electrons. The molecule has 0 aliphatic rings. The molecule has 17 heavy (non-hydrogen) atoms. The van der Waals surface area contributed by atoms with Crippen LogP contribution in [0.2, 0.25) is 0 Å². The van der Waals surface area contributed by atoms with Gasteiger partial charge < -0.3 is 15.7 Å². The van der Waals surface area contributed by atoms with Gasteiger partial charge in [0.05, 0.1) is 0 Å². The van der Waals surface area contributed by atoms with E-state index in [4.69, 9.17) is 5.11 Å². The molecule has 1 atom stereocenters. The number of carboxylic acids is 1. The van der Waals surface area contributed by atoms with Crippen LogP contribution < -0.4 is 10.6 Å². The van der Waals surface area contributed by atoms with E-state index in [0.717, 1.165) is 12.1 Å². The van der Waals surface area contributed by atoms with Crippen molar-refractivity contribution in [2.45, 2.75) is 13.0 Å². The van der Waals surface area contributed by atoms with E-state index in [1.54, 1.807) is 0 Å². The Labute approximate surface area is 95.4 Å². The highest BCUT2D eigenvalue weighted by Gasteiger charge is 2.14. The average molecular weight is 244 g/mol. The number of carbonyl (C=O) groups excluding carboxylic acids is 1. The van der Waals surface area contributed by atoms with Crippen LogP contribution >= 0.6 is 0 Å². The zero-order valence-corrected chi connectivity index (χ0v) is 8.83. The van der Waals surface area contributed by atoms with Crippen molar-refractivity contribution < 1.29 is 23.5 Å². The van der Waals surface area contributed by atoms with E-state index in [1.165, 1.54) is 6.92 Å². The van der Waals surface area contributed by atoms with Gasteiger partial charge in [-0.05, 0) is 19.1 Å². The van der Waals surface area contributed by atoms with E-state index in [1.807, 2.05) is 0 Å². The summed E-state index contributed by atoms with van der Waals surface area (Å²) < 4.78 is 25.5. The Morgan fingerprint density at radius 2 is 1.76 bits per heavy atom. The van der Waals surface area contributed by atoms with Gasteiger partial charge in [0.25, 0.3) is 0 Å². The molecule has 2 amide bonds. The fraction of sp³-hybridized carbons (Fsp3) is 0.200. The van der Waals surface area contributed by atoms with Crippen LogP contribution in [0.1, 0.15) is 6.92 Å². The van der Waals surface area contributed by atoms with Gasteiger partial charge in [-0.15, -0.1) is 0 Å². The molecular formula is C10H10F2N2O3. The van der Waals surface area contributed by atoms with Crippen LogP contribution in [0.4, 0.5) is 19.3 Å². The first-order valence-corrected chi connectivity index (χ1v) is 4.65. The maximum atomic E-state index is 12.8. The maximum Gasteiger partial charge on any atom is 0.325 e. The van der Waals surface area contributed by atoms with Crippen molar-refractivity contribution in [1.82, 2.24) is 5.32 Å². The summed E-state index contributed by atoms with van der Waals surface area (Å²) in [4.78, 5) is 21.7. The minimum absolute atomic E-state index is 0.0995. The van der Waals surface area contributed by atoms with Gasteiger partial charge in [-0.25, -0.2) is 13.6 Å². The summed E-state index contributed by atoms with van der Waals surface area (Å²) in [5.74, 6) is -2.90. The van der Waals surface area contributed by atoms with E-state index >= 15 is 0 Å². The van der Waals surface area contributed by atoms with Crippen molar-refractivity contribution >= 4 is 17.7 Å². The molecule has 0 aliphatic carbocycles. The second-order valence-corrected chi connectivity index (χ2v) is 3.32. The Morgan fingerprint density at radius 1 is 1.24 bits per heavy atom. The number of carbonyl (C=O) groups is 2. The molecule has 0 fully saturated rings. The molecule has 0 unspecified atom stereocenters. The van der Waals surface area contributed by atoms with Crippen molar-refractivity contribution in [3.8, 4) is 0 Å². The predicted octanol–water partition coefficient (Wildman–Crippen LogP) is 1.56. The fourth-order valence-corrected chi connectivity index (χ4v) is 1.05. The van der Waals surface area contributed by atoms with Crippen LogP contribution in [0.25, 0.3) is 0 Å². The number of hydrogen-bond donors (Lipinski definition) is 3. The highest BCUT2D eigenvalue weighted by molar-refractivity contribution is 5.92. The lowest BCUT2D eigenvalue weighted by atomic mass is 10.3. The van der Waals surface area contributed by atoms with Crippen LogP contribution in [0, 0.1) is 11.6 Å². The molecule has 0 aliphatic heterocycles. The summed E-state index contributed by atoms with van der Waals surface area (Å²) >= 11 is 0. The van der Waals surface area contributed by atoms with Crippen LogP contribution in [-0.2, 0) is 4.79 Å². The highest BCUT2D eigenvalue weighted by atomic mass is 19.1. The second-order valence-electron chi connectivity index (χ2n) is 3.32. The molecule has 1 aromatic rings. The number of anilines is 1. The second kappa shape index (κ2) is 5.24. The Bertz CT molecular complexity index is 431. The minimum Gasteiger partial charge on any atom is -0.480 e. The summed E-state index contributed by atoms with van der Waals surface area (Å²) in [6.07, 6.45) is 0. The van der Waals surface area contributed by atoms with E-state index < -0.39 is 29.7 Å². The number of halogens is 2. The van der Waals surface area contributed by atoms with Crippen LogP contribution in [0.15, 0.2) is 18.2 Å². The third-order valence-electron chi connectivity index (χ3n) is 1.84. The molecule has 1 rings (SSSR count). The van der Waals surface area contributed by atoms with Gasteiger partial charge >= 0.3 is 12.0 Å². The van der Waals surface area contributed by atoms with E-state index in [-0.39, 0.29) is 5.69 Å². The van der Waals surface area contributed by atoms with Gasteiger partial charge in [-0.2, -0.15) is 0 Å². The Kier molecular flexibility index (Phi) is 3.97. The number of carboxylic acid groups (broad SMARTS) is 1. The van der Waals surface area contributed by atoms with Crippen molar-refractivity contribution in [2.75, 3.05) is 5.32 Å². The summed E-state index contributed by atoms with van der Waals surface area (Å²) in [5.41, 5.74) is -0.0995. The maximum absolute atomic E-state index is 12.8. The molecule has 0 heterocycles. The molecule has 7 heteroatoms. The van der Waals surface area contributed by atoms with Gasteiger partial charge in [-0.1, -0.05) is 0 Å². The average Bonchev–Trinajstić information content (AvgIpc) is 2.14. The number of nitrogens with one attached hydrogen (secondary N) is 2. The molecular weight excluding hydrogens is 234 g/mol. The summed E-state index contributed by atoms with van der Waals surface area (Å²) in [7, 11) is 0. The monoisotopic (exact) mass is 244 g/mol. The summed E-state index contributed by atoms with van der Waals surface area (Å²) in [6, 6.07) is 0.517. The molecule has 0 saturated heterocycles. The Balaban J connectivity index is 2.65. The molecule has 92 valence electrons. The third-order valence-corrected chi connectivity index (χ3v) is 1.84. The third kappa shape index (κ3) is 4.06. The SMILES string of the molecule is C[C@H](NC(=O)Nc1cc(F)cc(F)c1)C(=O)O.